The van der Waals surface area contributed by atoms with Crippen LogP contribution in [0.25, 0.3) is 10.4 Å². The Balaban J connectivity index is 1.52. The summed E-state index contributed by atoms with van der Waals surface area (Å²) >= 11 is 1.75. The average Bonchev–Trinajstić information content (AvgIpc) is 3.19. The van der Waals surface area contributed by atoms with Crippen molar-refractivity contribution in [1.29, 1.82) is 0 Å². The molecule has 28 heavy (non-hydrogen) atoms. The molecule has 2 aromatic carbocycles. The maximum absolute atomic E-state index is 13.2. The van der Waals surface area contributed by atoms with Gasteiger partial charge in [-0.2, -0.15) is 0 Å². The Morgan fingerprint density at radius 3 is 2.68 bits per heavy atom. The van der Waals surface area contributed by atoms with Crippen LogP contribution in [0.5, 0.6) is 0 Å². The molecule has 1 fully saturated rings. The molecule has 4 rings (SSSR count). The number of ether oxygens (including phenoxy) is 1. The van der Waals surface area contributed by atoms with E-state index in [0.717, 1.165) is 36.1 Å². The maximum atomic E-state index is 13.2. The third kappa shape index (κ3) is 4.35. The van der Waals surface area contributed by atoms with Crippen LogP contribution in [-0.4, -0.2) is 17.8 Å². The van der Waals surface area contributed by atoms with Crippen LogP contribution in [0.2, 0.25) is 0 Å². The molecule has 0 radical (unpaired) electrons. The second-order valence-electron chi connectivity index (χ2n) is 7.50. The van der Waals surface area contributed by atoms with Crippen LogP contribution in [0.1, 0.15) is 46.9 Å². The molecule has 0 aliphatic carbocycles. The first-order valence-electron chi connectivity index (χ1n) is 9.83. The number of benzene rings is 2. The van der Waals surface area contributed by atoms with E-state index >= 15 is 0 Å². The van der Waals surface area contributed by atoms with Crippen molar-refractivity contribution in [2.45, 2.75) is 44.8 Å². The van der Waals surface area contributed by atoms with Gasteiger partial charge in [-0.25, -0.2) is 4.39 Å². The Morgan fingerprint density at radius 1 is 1.07 bits per heavy atom. The number of thiophene rings is 1. The molecule has 4 heteroatoms. The van der Waals surface area contributed by atoms with Crippen LogP contribution in [-0.2, 0) is 11.2 Å². The van der Waals surface area contributed by atoms with Crippen molar-refractivity contribution < 1.29 is 14.2 Å². The molecule has 0 amide bonds. The Labute approximate surface area is 169 Å². The van der Waals surface area contributed by atoms with Gasteiger partial charge in [0.1, 0.15) is 5.82 Å². The highest BCUT2D eigenvalue weighted by atomic mass is 32.1. The summed E-state index contributed by atoms with van der Waals surface area (Å²) in [5.74, 6) is -0.207. The number of hydrogen-bond donors (Lipinski definition) is 1. The summed E-state index contributed by atoms with van der Waals surface area (Å²) in [5.41, 5.74) is 4.83. The fourth-order valence-electron chi connectivity index (χ4n) is 3.79. The van der Waals surface area contributed by atoms with E-state index in [1.165, 1.54) is 33.7 Å². The van der Waals surface area contributed by atoms with Gasteiger partial charge in [-0.15, -0.1) is 11.3 Å². The summed E-state index contributed by atoms with van der Waals surface area (Å²) in [5, 5.41) is 9.42. The summed E-state index contributed by atoms with van der Waals surface area (Å²) < 4.78 is 19.2. The van der Waals surface area contributed by atoms with E-state index in [4.69, 9.17) is 4.74 Å². The van der Waals surface area contributed by atoms with Crippen molar-refractivity contribution in [2.24, 2.45) is 0 Å². The highest BCUT2D eigenvalue weighted by Crippen LogP contribution is 2.34. The van der Waals surface area contributed by atoms with Crippen molar-refractivity contribution in [1.82, 2.24) is 0 Å². The molecule has 3 aromatic rings. The fourth-order valence-corrected chi connectivity index (χ4v) is 4.83. The summed E-state index contributed by atoms with van der Waals surface area (Å²) in [6.45, 7) is 2.24. The molecule has 1 saturated heterocycles. The molecule has 0 spiro atoms. The molecule has 0 saturated carbocycles. The van der Waals surface area contributed by atoms with E-state index in [9.17, 15) is 9.50 Å². The zero-order chi connectivity index (χ0) is 19.5. The quantitative estimate of drug-likeness (QED) is 0.568. The maximum Gasteiger partial charge on any atom is 0.123 e. The third-order valence-electron chi connectivity index (χ3n) is 5.45. The lowest BCUT2D eigenvalue weighted by molar-refractivity contribution is -0.0737. The van der Waals surface area contributed by atoms with Crippen molar-refractivity contribution in [3.8, 4) is 10.4 Å². The predicted octanol–water partition coefficient (Wildman–Crippen LogP) is 6.06. The normalized spacial score (nSPS) is 19.7. The van der Waals surface area contributed by atoms with Gasteiger partial charge < -0.3 is 9.84 Å². The zero-order valence-electron chi connectivity index (χ0n) is 16.0. The fraction of sp³-hybridized carbons (Fsp3) is 0.333. The van der Waals surface area contributed by atoms with Gasteiger partial charge in [0.2, 0.25) is 0 Å². The molecule has 1 N–H and O–H groups in total. The summed E-state index contributed by atoms with van der Waals surface area (Å²) in [4.78, 5) is 2.45. The van der Waals surface area contributed by atoms with Crippen molar-refractivity contribution in [3.63, 3.8) is 0 Å². The van der Waals surface area contributed by atoms with Crippen LogP contribution >= 0.6 is 11.3 Å². The molecule has 2 nitrogen and oxygen atoms in total. The Bertz CT molecular complexity index is 932. The number of aryl methyl sites for hydroxylation is 1. The largest absolute Gasteiger partial charge is 0.394 e. The van der Waals surface area contributed by atoms with Crippen molar-refractivity contribution in [3.05, 3.63) is 82.0 Å². The van der Waals surface area contributed by atoms with Crippen LogP contribution in [0.3, 0.4) is 0 Å². The Kier molecular flexibility index (Phi) is 5.90. The minimum atomic E-state index is -0.207. The first-order chi connectivity index (χ1) is 13.6. The van der Waals surface area contributed by atoms with Gasteiger partial charge in [0.05, 0.1) is 18.8 Å². The van der Waals surface area contributed by atoms with E-state index in [0.29, 0.717) is 0 Å². The standard InChI is InChI=1S/C24H25FO2S/c1-16-5-6-18(23-4-2-3-21(15-26)27-23)13-19(16)14-22-11-12-24(28-22)17-7-9-20(25)10-8-17/h5-13,21,23,26H,2-4,14-15H2,1H3/t21-,23+/m0/s1. The molecule has 2 heterocycles. The molecule has 1 aliphatic heterocycles. The van der Waals surface area contributed by atoms with Gasteiger partial charge in [0.15, 0.2) is 0 Å². The average molecular weight is 397 g/mol. The van der Waals surface area contributed by atoms with E-state index in [1.807, 2.05) is 12.1 Å². The zero-order valence-corrected chi connectivity index (χ0v) is 16.8. The molecule has 1 aliphatic rings. The number of hydrogen-bond acceptors (Lipinski definition) is 3. The molecule has 2 atom stereocenters. The smallest absolute Gasteiger partial charge is 0.123 e. The summed E-state index contributed by atoms with van der Waals surface area (Å²) in [6.07, 6.45) is 3.94. The van der Waals surface area contributed by atoms with Crippen LogP contribution < -0.4 is 0 Å². The molecule has 1 aromatic heterocycles. The lowest BCUT2D eigenvalue weighted by Gasteiger charge is -2.29. The first kappa shape index (κ1) is 19.3. The predicted molar refractivity (Wildman–Crippen MR) is 112 cm³/mol. The van der Waals surface area contributed by atoms with Gasteiger partial charge in [0.25, 0.3) is 0 Å². The molecule has 146 valence electrons. The van der Waals surface area contributed by atoms with Crippen LogP contribution in [0.15, 0.2) is 54.6 Å². The number of aliphatic hydroxyl groups excluding tert-OH is 1. The highest BCUT2D eigenvalue weighted by molar-refractivity contribution is 7.15. The second-order valence-corrected chi connectivity index (χ2v) is 8.66. The van der Waals surface area contributed by atoms with Crippen LogP contribution in [0, 0.1) is 12.7 Å². The van der Waals surface area contributed by atoms with Gasteiger partial charge in [-0.3, -0.25) is 0 Å². The lowest BCUT2D eigenvalue weighted by Crippen LogP contribution is -2.25. The monoisotopic (exact) mass is 396 g/mol. The SMILES string of the molecule is Cc1ccc([C@H]2CCC[C@@H](CO)O2)cc1Cc1ccc(-c2ccc(F)cc2)s1. The van der Waals surface area contributed by atoms with E-state index in [-0.39, 0.29) is 24.6 Å². The lowest BCUT2D eigenvalue weighted by atomic mass is 9.94. The minimum absolute atomic E-state index is 0.0425. The number of aliphatic hydroxyl groups is 1. The van der Waals surface area contributed by atoms with Gasteiger partial charge in [-0.05, 0) is 72.7 Å². The highest BCUT2D eigenvalue weighted by Gasteiger charge is 2.23. The van der Waals surface area contributed by atoms with E-state index in [2.05, 4.69) is 37.3 Å². The Hall–Kier alpha value is -2.01. The number of rotatable bonds is 5. The van der Waals surface area contributed by atoms with Crippen LogP contribution in [0.4, 0.5) is 4.39 Å². The van der Waals surface area contributed by atoms with Gasteiger partial charge >= 0.3 is 0 Å². The molecule has 0 unspecified atom stereocenters. The number of halogens is 1. The Morgan fingerprint density at radius 2 is 1.89 bits per heavy atom. The molecular weight excluding hydrogens is 371 g/mol. The van der Waals surface area contributed by atoms with Crippen molar-refractivity contribution in [2.75, 3.05) is 6.61 Å². The minimum Gasteiger partial charge on any atom is -0.394 e. The second kappa shape index (κ2) is 8.56. The third-order valence-corrected chi connectivity index (χ3v) is 6.59. The summed E-state index contributed by atoms with van der Waals surface area (Å²) in [6, 6.07) is 17.5. The molecule has 0 bridgehead atoms. The van der Waals surface area contributed by atoms with Gasteiger partial charge in [-0.1, -0.05) is 30.3 Å². The van der Waals surface area contributed by atoms with Crippen molar-refractivity contribution >= 4 is 11.3 Å². The summed E-state index contributed by atoms with van der Waals surface area (Å²) in [7, 11) is 0. The molecular formula is C24H25FO2S. The first-order valence-corrected chi connectivity index (χ1v) is 10.6. The van der Waals surface area contributed by atoms with E-state index in [1.54, 1.807) is 11.3 Å². The van der Waals surface area contributed by atoms with E-state index < -0.39 is 0 Å². The van der Waals surface area contributed by atoms with Gasteiger partial charge in [0, 0.05) is 16.2 Å². The topological polar surface area (TPSA) is 29.5 Å².